The summed E-state index contributed by atoms with van der Waals surface area (Å²) in [6, 6.07) is 12.7. The van der Waals surface area contributed by atoms with Gasteiger partial charge in [-0.3, -0.25) is 0 Å². The number of hydrogen-bond acceptors (Lipinski definition) is 6. The second-order valence-corrected chi connectivity index (χ2v) is 13.3. The molecule has 0 spiro atoms. The van der Waals surface area contributed by atoms with Crippen LogP contribution in [0, 0.1) is 48.9 Å². The predicted octanol–water partition coefficient (Wildman–Crippen LogP) is 8.91. The van der Waals surface area contributed by atoms with Crippen LogP contribution >= 0.6 is 67.8 Å². The lowest BCUT2D eigenvalue weighted by atomic mass is 9.89. The van der Waals surface area contributed by atoms with Gasteiger partial charge in [0.25, 0.3) is 0 Å². The van der Waals surface area contributed by atoms with Gasteiger partial charge in [0.05, 0.1) is 0 Å². The molecule has 45 heavy (non-hydrogen) atoms. The Morgan fingerprint density at radius 2 is 0.756 bits per heavy atom. The highest BCUT2D eigenvalue weighted by Gasteiger charge is 2.25. The van der Waals surface area contributed by atoms with Crippen LogP contribution in [-0.4, -0.2) is 17.9 Å². The normalized spacial score (nSPS) is 10.9. The SMILES string of the molecule is Cc1c(COC(=O)c2c(F)cccc2I)c(C)c(COC(=O)c2c(F)cccc2I)c(C)c1COC(=O)c1c(F)cccc1I. The topological polar surface area (TPSA) is 78.9 Å². The van der Waals surface area contributed by atoms with Crippen molar-refractivity contribution in [2.24, 2.45) is 0 Å². The molecule has 12 heteroatoms. The molecule has 0 heterocycles. The first-order chi connectivity index (χ1) is 21.3. The molecule has 0 unspecified atom stereocenters. The molecule has 0 aliphatic rings. The van der Waals surface area contributed by atoms with E-state index in [1.54, 1.807) is 39.0 Å². The Kier molecular flexibility index (Phi) is 11.9. The van der Waals surface area contributed by atoms with E-state index >= 15 is 0 Å². The van der Waals surface area contributed by atoms with Gasteiger partial charge in [0.15, 0.2) is 0 Å². The number of carbonyl (C=O) groups is 3. The standard InChI is InChI=1S/C33H24F3I3O6/c1-16-19(13-43-31(40)28-22(34)7-4-10-25(28)37)17(2)21(15-45-33(42)30-24(36)9-6-12-27(30)39)18(3)20(16)14-44-32(41)29-23(35)8-5-11-26(29)38/h4-12H,13-15H2,1-3H3. The summed E-state index contributed by atoms with van der Waals surface area (Å²) in [4.78, 5) is 38.7. The van der Waals surface area contributed by atoms with E-state index in [1.807, 2.05) is 67.8 Å². The molecule has 6 nitrogen and oxygen atoms in total. The third-order valence-electron chi connectivity index (χ3n) is 7.26. The van der Waals surface area contributed by atoms with E-state index < -0.39 is 35.4 Å². The molecule has 0 atom stereocenters. The molecule has 0 aliphatic heterocycles. The quantitative estimate of drug-likeness (QED) is 0.0949. The van der Waals surface area contributed by atoms with Crippen LogP contribution in [0.1, 0.15) is 64.5 Å². The number of ether oxygens (including phenoxy) is 3. The van der Waals surface area contributed by atoms with Gasteiger partial charge < -0.3 is 14.2 Å². The highest BCUT2D eigenvalue weighted by molar-refractivity contribution is 14.1. The monoisotopic (exact) mass is 954 g/mol. The molecule has 0 radical (unpaired) electrons. The minimum Gasteiger partial charge on any atom is -0.457 e. The van der Waals surface area contributed by atoms with Crippen LogP contribution in [0.3, 0.4) is 0 Å². The maximum Gasteiger partial charge on any atom is 0.342 e. The Balaban J connectivity index is 1.69. The van der Waals surface area contributed by atoms with E-state index in [1.165, 1.54) is 18.2 Å². The summed E-state index contributed by atoms with van der Waals surface area (Å²) in [6.45, 7) is 4.38. The summed E-state index contributed by atoms with van der Waals surface area (Å²) in [7, 11) is 0. The summed E-state index contributed by atoms with van der Waals surface area (Å²) in [5, 5.41) is 0. The predicted molar refractivity (Wildman–Crippen MR) is 185 cm³/mol. The number of esters is 3. The molecule has 4 aromatic rings. The van der Waals surface area contributed by atoms with Gasteiger partial charge in [-0.25, -0.2) is 27.6 Å². The van der Waals surface area contributed by atoms with Gasteiger partial charge in [0.1, 0.15) is 54.0 Å². The molecule has 4 aromatic carbocycles. The summed E-state index contributed by atoms with van der Waals surface area (Å²) in [5.74, 6) is -4.80. The van der Waals surface area contributed by atoms with Crippen molar-refractivity contribution < 1.29 is 41.8 Å². The van der Waals surface area contributed by atoms with Crippen molar-refractivity contribution in [2.45, 2.75) is 40.6 Å². The molecule has 4 rings (SSSR count). The van der Waals surface area contributed by atoms with Crippen LogP contribution in [0.2, 0.25) is 0 Å². The van der Waals surface area contributed by atoms with Gasteiger partial charge in [0, 0.05) is 10.7 Å². The minimum absolute atomic E-state index is 0.206. The van der Waals surface area contributed by atoms with Crippen LogP contribution in [-0.2, 0) is 34.0 Å². The molecule has 0 amide bonds. The Morgan fingerprint density at radius 3 is 0.978 bits per heavy atom. The molecular formula is C33H24F3I3O6. The average molecular weight is 954 g/mol. The van der Waals surface area contributed by atoms with Crippen LogP contribution in [0.4, 0.5) is 13.2 Å². The third kappa shape index (κ3) is 7.81. The molecule has 0 N–H and O–H groups in total. The first kappa shape index (κ1) is 35.1. The van der Waals surface area contributed by atoms with Crippen LogP contribution in [0.15, 0.2) is 54.6 Å². The summed E-state index contributed by atoms with van der Waals surface area (Å²) >= 11 is 5.53. The van der Waals surface area contributed by atoms with E-state index in [9.17, 15) is 27.6 Å². The molecule has 234 valence electrons. The second kappa shape index (κ2) is 15.2. The van der Waals surface area contributed by atoms with Gasteiger partial charge in [-0.2, -0.15) is 0 Å². The van der Waals surface area contributed by atoms with Gasteiger partial charge in [0.2, 0.25) is 0 Å². The number of halogens is 6. The van der Waals surface area contributed by atoms with Crippen molar-refractivity contribution in [2.75, 3.05) is 0 Å². The van der Waals surface area contributed by atoms with E-state index in [2.05, 4.69) is 0 Å². The van der Waals surface area contributed by atoms with Crippen molar-refractivity contribution in [1.82, 2.24) is 0 Å². The number of rotatable bonds is 9. The first-order valence-electron chi connectivity index (χ1n) is 13.3. The van der Waals surface area contributed by atoms with Gasteiger partial charge in [-0.05, 0) is 158 Å². The number of benzene rings is 4. The number of hydrogen-bond donors (Lipinski definition) is 0. The lowest BCUT2D eigenvalue weighted by Crippen LogP contribution is -2.17. The summed E-state index contributed by atoms with van der Waals surface area (Å²) in [5.41, 5.74) is 2.74. The average Bonchev–Trinajstić information content (AvgIpc) is 2.96. The fourth-order valence-electron chi connectivity index (χ4n) is 4.75. The summed E-state index contributed by atoms with van der Waals surface area (Å²) in [6.07, 6.45) is 0. The fourth-order valence-corrected chi connectivity index (χ4v) is 6.80. The van der Waals surface area contributed by atoms with Gasteiger partial charge >= 0.3 is 17.9 Å². The highest BCUT2D eigenvalue weighted by atomic mass is 127. The molecule has 0 aromatic heterocycles. The van der Waals surface area contributed by atoms with Gasteiger partial charge in [-0.15, -0.1) is 0 Å². The zero-order valence-electron chi connectivity index (χ0n) is 24.0. The molecule has 0 saturated heterocycles. The maximum absolute atomic E-state index is 14.5. The molecule has 0 saturated carbocycles. The summed E-state index contributed by atoms with van der Waals surface area (Å²) < 4.78 is 61.1. The second-order valence-electron chi connectivity index (χ2n) is 9.83. The van der Waals surface area contributed by atoms with E-state index in [0.29, 0.717) is 44.1 Å². The smallest absolute Gasteiger partial charge is 0.342 e. The van der Waals surface area contributed by atoms with Crippen molar-refractivity contribution in [3.05, 3.63) is 133 Å². The Hall–Kier alpha value is -2.73. The largest absolute Gasteiger partial charge is 0.457 e. The molecule has 0 bridgehead atoms. The van der Waals surface area contributed by atoms with E-state index in [4.69, 9.17) is 14.2 Å². The first-order valence-corrected chi connectivity index (χ1v) is 16.5. The van der Waals surface area contributed by atoms with Crippen LogP contribution < -0.4 is 0 Å². The Morgan fingerprint density at radius 1 is 0.511 bits per heavy atom. The number of carbonyl (C=O) groups excluding carboxylic acids is 3. The zero-order chi connectivity index (χ0) is 33.0. The molecule has 0 fully saturated rings. The molecular weight excluding hydrogens is 930 g/mol. The highest BCUT2D eigenvalue weighted by Crippen LogP contribution is 2.31. The van der Waals surface area contributed by atoms with Crippen LogP contribution in [0.25, 0.3) is 0 Å². The Labute approximate surface area is 298 Å². The van der Waals surface area contributed by atoms with Crippen molar-refractivity contribution in [3.8, 4) is 0 Å². The third-order valence-corrected chi connectivity index (χ3v) is 9.96. The van der Waals surface area contributed by atoms with E-state index in [-0.39, 0.29) is 36.5 Å². The fraction of sp³-hybridized carbons (Fsp3) is 0.182. The maximum atomic E-state index is 14.5. The van der Waals surface area contributed by atoms with Crippen molar-refractivity contribution in [1.29, 1.82) is 0 Å². The van der Waals surface area contributed by atoms with Crippen LogP contribution in [0.5, 0.6) is 0 Å². The minimum atomic E-state index is -0.874. The van der Waals surface area contributed by atoms with Crippen molar-refractivity contribution >= 4 is 85.7 Å². The Bertz CT molecular complexity index is 1540. The van der Waals surface area contributed by atoms with Gasteiger partial charge in [-0.1, -0.05) is 18.2 Å². The van der Waals surface area contributed by atoms with Crippen molar-refractivity contribution in [3.63, 3.8) is 0 Å². The zero-order valence-corrected chi connectivity index (χ0v) is 30.5. The lowest BCUT2D eigenvalue weighted by Gasteiger charge is -2.22. The molecule has 0 aliphatic carbocycles. The lowest BCUT2D eigenvalue weighted by molar-refractivity contribution is 0.0464. The van der Waals surface area contributed by atoms with E-state index in [0.717, 1.165) is 18.2 Å².